The second kappa shape index (κ2) is 33.2. The summed E-state index contributed by atoms with van der Waals surface area (Å²) >= 11 is 0. The Balaban J connectivity index is 0.000000129. The third kappa shape index (κ3) is 17.3. The van der Waals surface area contributed by atoms with Crippen LogP contribution < -0.4 is 0 Å². The van der Waals surface area contributed by atoms with Crippen molar-refractivity contribution in [3.8, 4) is 0 Å². The summed E-state index contributed by atoms with van der Waals surface area (Å²) in [6.45, 7) is 35.9. The summed E-state index contributed by atoms with van der Waals surface area (Å²) in [5, 5.41) is 33.7. The Labute approximate surface area is 563 Å². The second-order valence-corrected chi connectivity index (χ2v) is 26.2. The molecular weight excluding hydrogens is 1190 g/mol. The Bertz CT molecular complexity index is 4040. The van der Waals surface area contributed by atoms with Crippen LogP contribution >= 0.6 is 0 Å². The molecule has 0 aliphatic carbocycles. The van der Waals surface area contributed by atoms with Crippen molar-refractivity contribution in [2.45, 2.75) is 184 Å². The van der Waals surface area contributed by atoms with E-state index in [1.165, 1.54) is 69.5 Å². The van der Waals surface area contributed by atoms with Gasteiger partial charge in [0.15, 0.2) is 11.3 Å². The van der Waals surface area contributed by atoms with Crippen molar-refractivity contribution < 1.29 is 0 Å². The van der Waals surface area contributed by atoms with Gasteiger partial charge in [0.2, 0.25) is 0 Å². The largest absolute Gasteiger partial charge is 0.304 e. The van der Waals surface area contributed by atoms with E-state index in [1.807, 2.05) is 155 Å². The molecule has 1 aliphatic rings. The number of nitrogens with zero attached hydrogens (tertiary/aromatic N) is 21. The van der Waals surface area contributed by atoms with Crippen LogP contribution in [0, 0.1) is 0 Å². The van der Waals surface area contributed by atoms with Gasteiger partial charge >= 0.3 is 0 Å². The highest BCUT2D eigenvalue weighted by molar-refractivity contribution is 5.56. The van der Waals surface area contributed by atoms with Crippen LogP contribution in [-0.2, 0) is 13.0 Å². The fraction of sp³-hybridized carbons (Fsp3) is 0.373. The van der Waals surface area contributed by atoms with E-state index in [9.17, 15) is 0 Å². The van der Waals surface area contributed by atoms with Gasteiger partial charge in [-0.2, -0.15) is 45.4 Å². The minimum atomic E-state index is 0.468. The van der Waals surface area contributed by atoms with E-state index in [-0.39, 0.29) is 0 Å². The Kier molecular flexibility index (Phi) is 24.2. The molecule has 15 aromatic heterocycles. The maximum atomic E-state index is 4.39. The summed E-state index contributed by atoms with van der Waals surface area (Å²) in [5.41, 5.74) is 19.2. The molecule has 500 valence electrons. The molecule has 0 saturated heterocycles. The van der Waals surface area contributed by atoms with Crippen molar-refractivity contribution in [3.05, 3.63) is 241 Å². The van der Waals surface area contributed by atoms with E-state index in [0.717, 1.165) is 45.7 Å². The lowest BCUT2D eigenvalue weighted by atomic mass is 9.99. The summed E-state index contributed by atoms with van der Waals surface area (Å²) in [4.78, 5) is 20.9. The monoisotopic (exact) mass is 1290 g/mol. The van der Waals surface area contributed by atoms with Gasteiger partial charge in [0.1, 0.15) is 12.0 Å². The van der Waals surface area contributed by atoms with Gasteiger partial charge in [0.05, 0.1) is 77.3 Å². The van der Waals surface area contributed by atoms with Gasteiger partial charge in [-0.1, -0.05) is 123 Å². The lowest BCUT2D eigenvalue weighted by Crippen LogP contribution is -2.12. The number of imidazole rings is 2. The second-order valence-electron chi connectivity index (χ2n) is 26.2. The Morgan fingerprint density at radius 3 is 1.58 bits per heavy atom. The fourth-order valence-electron chi connectivity index (χ4n) is 11.1. The quantitative estimate of drug-likeness (QED) is 0.139. The highest BCUT2D eigenvalue weighted by atomic mass is 15.4. The number of fused-ring (bicyclic) bond motifs is 8. The summed E-state index contributed by atoms with van der Waals surface area (Å²) in [6, 6.07) is 23.9. The molecule has 21 heteroatoms. The van der Waals surface area contributed by atoms with Crippen molar-refractivity contribution in [2.24, 2.45) is 0 Å². The molecule has 1 aliphatic heterocycles. The fourth-order valence-corrected chi connectivity index (χ4v) is 11.1. The van der Waals surface area contributed by atoms with Gasteiger partial charge in [0, 0.05) is 108 Å². The maximum Gasteiger partial charge on any atom is 0.158 e. The number of pyridine rings is 2. The molecule has 0 bridgehead atoms. The normalized spacial score (nSPS) is 11.9. The number of aryl methyl sites for hydroxylation is 1. The van der Waals surface area contributed by atoms with E-state index in [2.05, 4.69) is 198 Å². The van der Waals surface area contributed by atoms with Crippen LogP contribution in [0.5, 0.6) is 0 Å². The molecule has 0 amide bonds. The Morgan fingerprint density at radius 1 is 0.333 bits per heavy atom. The molecule has 96 heavy (non-hydrogen) atoms. The van der Waals surface area contributed by atoms with Crippen LogP contribution in [0.3, 0.4) is 0 Å². The van der Waals surface area contributed by atoms with Crippen LogP contribution in [0.4, 0.5) is 0 Å². The predicted molar refractivity (Wildman–Crippen MR) is 383 cm³/mol. The van der Waals surface area contributed by atoms with E-state index in [4.69, 9.17) is 0 Å². The van der Waals surface area contributed by atoms with Gasteiger partial charge < -0.3 is 4.40 Å². The molecule has 0 unspecified atom stereocenters. The van der Waals surface area contributed by atoms with Gasteiger partial charge in [-0.15, -0.1) is 0 Å². The van der Waals surface area contributed by atoms with Crippen LogP contribution in [0.2, 0.25) is 0 Å². The lowest BCUT2D eigenvalue weighted by molar-refractivity contribution is 0.483. The first-order valence-electron chi connectivity index (χ1n) is 33.6. The maximum absolute atomic E-state index is 4.39. The molecule has 0 spiro atoms. The van der Waals surface area contributed by atoms with Gasteiger partial charge in [-0.3, -0.25) is 9.67 Å². The smallest absolute Gasteiger partial charge is 0.158 e. The first-order chi connectivity index (χ1) is 46.3. The zero-order chi connectivity index (χ0) is 68.4. The molecule has 21 nitrogen and oxygen atoms in total. The standard InChI is InChI=1S/C10H12N2.C10H16N2.C10H12N2.5C9H11N3/c1-8(2)9-7-11-10-5-3-4-6-12(9)10;2*1-8(2)9-7-11-12-6-4-3-5-10(9)12;1-7(2)8-5-11-12-4-3-10-6-9(8)12;1-7(2)8-5-11-12-6-10-4-3-9(8)12;1-7(2)8-6-11-12-5-3-4-10-9(8)12;1-7(2)8-6-10-9-4-3-5-11-12(8)9;1-7(2)8-6-11-12-9(8)4-3-5-10-12/h3-8H,1-2H3;7-8H,3-6H2,1-2H3;3-8H,1-2H3;5*3-7H,1-2H3. The van der Waals surface area contributed by atoms with E-state index < -0.39 is 0 Å². The van der Waals surface area contributed by atoms with Crippen LogP contribution in [0.25, 0.3) is 39.0 Å². The zero-order valence-corrected chi connectivity index (χ0v) is 58.7. The topological polar surface area (TPSA) is 203 Å². The average molecular weight is 1290 g/mol. The predicted octanol–water partition coefficient (Wildman–Crippen LogP) is 16.5. The lowest BCUT2D eigenvalue weighted by Gasteiger charge is -2.15. The Hall–Kier alpha value is -10.3. The summed E-state index contributed by atoms with van der Waals surface area (Å²) < 4.78 is 15.2. The summed E-state index contributed by atoms with van der Waals surface area (Å²) in [5.74, 6) is 4.19. The highest BCUT2D eigenvalue weighted by Crippen LogP contribution is 2.26. The van der Waals surface area contributed by atoms with Crippen LogP contribution in [-0.4, -0.2) is 102 Å². The molecule has 16 rings (SSSR count). The minimum absolute atomic E-state index is 0.468. The molecule has 0 fully saturated rings. The average Bonchev–Trinajstić information content (AvgIpc) is 2.16. The number of hydrogen-bond donors (Lipinski definition) is 0. The van der Waals surface area contributed by atoms with Crippen molar-refractivity contribution in [1.29, 1.82) is 0 Å². The van der Waals surface area contributed by atoms with E-state index in [0.29, 0.717) is 47.3 Å². The SMILES string of the molecule is CC(C)c1cnc2ccccn12.CC(C)c1cnc2cccnn12.CC(C)c1cnn2c1CCCC2.CC(C)c1cnn2ccccc12.CC(C)c1cnn2cccnc12.CC(C)c1cnn2ccncc12.CC(C)c1cnn2cnccc12.CC(C)c1cnn2ncccc12. The first-order valence-corrected chi connectivity index (χ1v) is 33.6. The van der Waals surface area contributed by atoms with E-state index >= 15 is 0 Å². The van der Waals surface area contributed by atoms with Gasteiger partial charge in [0.25, 0.3) is 0 Å². The van der Waals surface area contributed by atoms with Crippen molar-refractivity contribution in [1.82, 2.24) is 102 Å². The van der Waals surface area contributed by atoms with Crippen molar-refractivity contribution in [2.75, 3.05) is 0 Å². The molecule has 0 aromatic carbocycles. The van der Waals surface area contributed by atoms with Gasteiger partial charge in [-0.25, -0.2) is 42.5 Å². The summed E-state index contributed by atoms with van der Waals surface area (Å²) in [6.07, 6.45) is 39.5. The summed E-state index contributed by atoms with van der Waals surface area (Å²) in [7, 11) is 0. The zero-order valence-electron chi connectivity index (χ0n) is 58.7. The van der Waals surface area contributed by atoms with Crippen LogP contribution in [0.15, 0.2) is 191 Å². The minimum Gasteiger partial charge on any atom is -0.304 e. The molecule has 0 N–H and O–H groups in total. The molecule has 0 saturated carbocycles. The third-order valence-corrected chi connectivity index (χ3v) is 16.5. The third-order valence-electron chi connectivity index (χ3n) is 16.5. The number of rotatable bonds is 8. The Morgan fingerprint density at radius 2 is 0.875 bits per heavy atom. The number of aromatic nitrogens is 21. The van der Waals surface area contributed by atoms with Crippen molar-refractivity contribution in [3.63, 3.8) is 0 Å². The highest BCUT2D eigenvalue weighted by Gasteiger charge is 2.17. The molecular formula is C75H95N21. The first kappa shape index (κ1) is 70.0. The van der Waals surface area contributed by atoms with Gasteiger partial charge in [-0.05, 0) is 133 Å². The molecule has 15 aromatic rings. The van der Waals surface area contributed by atoms with Crippen molar-refractivity contribution >= 4 is 39.0 Å². The van der Waals surface area contributed by atoms with Crippen LogP contribution in [0.1, 0.15) is 221 Å². The molecule has 16 heterocycles. The van der Waals surface area contributed by atoms with E-state index in [1.54, 1.807) is 51.0 Å². The molecule has 0 radical (unpaired) electrons. The number of hydrogen-bond acceptors (Lipinski definition) is 13. The molecule has 0 atom stereocenters.